The molecule has 0 bridgehead atoms. The molecule has 0 radical (unpaired) electrons. The third kappa shape index (κ3) is 3.61. The maximum atomic E-state index is 11.3. The molecule has 0 amide bonds. The van der Waals surface area contributed by atoms with E-state index in [4.69, 9.17) is 11.6 Å². The molecule has 0 saturated heterocycles. The van der Waals surface area contributed by atoms with Gasteiger partial charge in [0.25, 0.3) is 0 Å². The molecule has 4 aromatic rings. The second-order valence-electron chi connectivity index (χ2n) is 5.98. The predicted molar refractivity (Wildman–Crippen MR) is 104 cm³/mol. The maximum Gasteiger partial charge on any atom is 0.356 e. The molecule has 2 N–H and O–H groups in total. The number of nitrogens with one attached hydrogen (secondary N) is 1. The number of nitrogens with zero attached hydrogens (tertiary/aromatic N) is 3. The quantitative estimate of drug-likeness (QED) is 0.539. The fourth-order valence-electron chi connectivity index (χ4n) is 2.76. The number of aromatic carboxylic acids is 1. The van der Waals surface area contributed by atoms with Gasteiger partial charge in [0.2, 0.25) is 0 Å². The first kappa shape index (κ1) is 17.1. The maximum absolute atomic E-state index is 11.3. The molecule has 2 heterocycles. The van der Waals surface area contributed by atoms with Crippen LogP contribution in [-0.4, -0.2) is 25.7 Å². The predicted octanol–water partition coefficient (Wildman–Crippen LogP) is 4.36. The number of halogens is 1. The number of carboxylic acid groups (broad SMARTS) is 1. The Bertz CT molecular complexity index is 1110. The Morgan fingerprint density at radius 2 is 1.81 bits per heavy atom. The molecular weight excluding hydrogens is 364 g/mol. The topological polar surface area (TPSA) is 79.5 Å². The molecule has 0 atom stereocenters. The van der Waals surface area contributed by atoms with Crippen molar-refractivity contribution in [1.29, 1.82) is 0 Å². The van der Waals surface area contributed by atoms with Crippen LogP contribution in [0, 0.1) is 0 Å². The first-order valence-electron chi connectivity index (χ1n) is 8.28. The summed E-state index contributed by atoms with van der Waals surface area (Å²) in [6, 6.07) is 20.5. The first-order valence-corrected chi connectivity index (χ1v) is 8.66. The molecule has 134 valence electrons. The van der Waals surface area contributed by atoms with Crippen LogP contribution < -0.4 is 5.32 Å². The van der Waals surface area contributed by atoms with E-state index in [1.54, 1.807) is 12.1 Å². The Morgan fingerprint density at radius 3 is 2.52 bits per heavy atom. The summed E-state index contributed by atoms with van der Waals surface area (Å²) in [7, 11) is 0. The minimum atomic E-state index is -1.09. The average Bonchev–Trinajstić information content (AvgIpc) is 3.12. The minimum absolute atomic E-state index is 0.0569. The molecule has 2 aromatic heterocycles. The van der Waals surface area contributed by atoms with Gasteiger partial charge >= 0.3 is 5.97 Å². The number of hydrogen-bond donors (Lipinski definition) is 2. The van der Waals surface area contributed by atoms with Crippen LogP contribution in [-0.2, 0) is 6.54 Å². The molecular formula is C20H15ClN4O2. The minimum Gasteiger partial charge on any atom is -0.476 e. The first-order chi connectivity index (χ1) is 13.1. The fourth-order valence-corrected chi connectivity index (χ4v) is 2.89. The molecule has 0 unspecified atom stereocenters. The van der Waals surface area contributed by atoms with Gasteiger partial charge in [-0.1, -0.05) is 54.1 Å². The number of hydrogen-bond acceptors (Lipinski definition) is 4. The summed E-state index contributed by atoms with van der Waals surface area (Å²) >= 11 is 5.97. The van der Waals surface area contributed by atoms with Crippen molar-refractivity contribution >= 4 is 29.0 Å². The molecule has 0 aliphatic carbocycles. The van der Waals surface area contributed by atoms with Gasteiger partial charge in [-0.25, -0.2) is 9.78 Å². The largest absolute Gasteiger partial charge is 0.476 e. The molecule has 4 rings (SSSR count). The highest BCUT2D eigenvalue weighted by Gasteiger charge is 2.14. The number of carbonyl (C=O) groups is 1. The highest BCUT2D eigenvalue weighted by atomic mass is 35.5. The highest BCUT2D eigenvalue weighted by Crippen LogP contribution is 2.24. The Balaban J connectivity index is 1.78. The number of rotatable bonds is 5. The van der Waals surface area contributed by atoms with Crippen molar-refractivity contribution < 1.29 is 9.90 Å². The summed E-state index contributed by atoms with van der Waals surface area (Å²) in [6.07, 6.45) is 0. The van der Waals surface area contributed by atoms with Crippen LogP contribution in [0.25, 0.3) is 16.9 Å². The Hall–Kier alpha value is -3.38. The normalized spacial score (nSPS) is 10.9. The molecule has 27 heavy (non-hydrogen) atoms. The van der Waals surface area contributed by atoms with Crippen molar-refractivity contribution in [3.05, 3.63) is 83.0 Å². The lowest BCUT2D eigenvalue weighted by molar-refractivity contribution is 0.0690. The molecule has 0 fully saturated rings. The van der Waals surface area contributed by atoms with Crippen LogP contribution in [0.2, 0.25) is 5.02 Å². The lowest BCUT2D eigenvalue weighted by atomic mass is 10.1. The van der Waals surface area contributed by atoms with Crippen LogP contribution in [0.5, 0.6) is 0 Å². The van der Waals surface area contributed by atoms with Crippen molar-refractivity contribution in [1.82, 2.24) is 14.6 Å². The number of carboxylic acids is 1. The smallest absolute Gasteiger partial charge is 0.356 e. The summed E-state index contributed by atoms with van der Waals surface area (Å²) < 4.78 is 1.51. The molecule has 0 aliphatic rings. The monoisotopic (exact) mass is 378 g/mol. The van der Waals surface area contributed by atoms with E-state index in [9.17, 15) is 9.90 Å². The zero-order chi connectivity index (χ0) is 18.8. The van der Waals surface area contributed by atoms with Gasteiger partial charge in [0, 0.05) is 29.3 Å². The van der Waals surface area contributed by atoms with Crippen LogP contribution >= 0.6 is 11.6 Å². The van der Waals surface area contributed by atoms with E-state index in [-0.39, 0.29) is 5.69 Å². The van der Waals surface area contributed by atoms with Gasteiger partial charge in [0.05, 0.1) is 5.69 Å². The molecule has 6 nitrogen and oxygen atoms in total. The summed E-state index contributed by atoms with van der Waals surface area (Å²) in [5, 5.41) is 17.4. The van der Waals surface area contributed by atoms with E-state index >= 15 is 0 Å². The Morgan fingerprint density at radius 1 is 1.07 bits per heavy atom. The Labute approximate surface area is 160 Å². The average molecular weight is 379 g/mol. The van der Waals surface area contributed by atoms with Crippen molar-refractivity contribution in [2.45, 2.75) is 6.54 Å². The molecule has 0 aliphatic heterocycles. The van der Waals surface area contributed by atoms with Crippen molar-refractivity contribution in [3.8, 4) is 11.3 Å². The van der Waals surface area contributed by atoms with Crippen molar-refractivity contribution in [2.75, 3.05) is 5.32 Å². The van der Waals surface area contributed by atoms with Gasteiger partial charge < -0.3 is 10.4 Å². The SMILES string of the molecule is O=C(O)c1cc2nc(-c3ccc(Cl)cc3)cc(NCc3ccccc3)n2n1. The summed E-state index contributed by atoms with van der Waals surface area (Å²) in [4.78, 5) is 15.9. The summed E-state index contributed by atoms with van der Waals surface area (Å²) in [5.41, 5.74) is 3.07. The van der Waals surface area contributed by atoms with E-state index < -0.39 is 5.97 Å². The van der Waals surface area contributed by atoms with E-state index in [0.717, 1.165) is 11.1 Å². The van der Waals surface area contributed by atoms with Crippen LogP contribution in [0.15, 0.2) is 66.7 Å². The third-order valence-electron chi connectivity index (χ3n) is 4.10. The zero-order valence-corrected chi connectivity index (χ0v) is 14.9. The number of benzene rings is 2. The standard InChI is InChI=1S/C20H15ClN4O2/c21-15-8-6-14(7-9-15)16-10-18(22-12-13-4-2-1-3-5-13)25-19(23-16)11-17(24-25)20(26)27/h1-11,22H,12H2,(H,26,27). The van der Waals surface area contributed by atoms with Gasteiger partial charge in [-0.05, 0) is 17.7 Å². The van der Waals surface area contributed by atoms with Crippen molar-refractivity contribution in [3.63, 3.8) is 0 Å². The molecule has 0 saturated carbocycles. The van der Waals surface area contributed by atoms with Crippen LogP contribution in [0.1, 0.15) is 16.1 Å². The van der Waals surface area contributed by atoms with Gasteiger partial charge in [-0.15, -0.1) is 0 Å². The number of anilines is 1. The van der Waals surface area contributed by atoms with E-state index in [1.807, 2.05) is 48.5 Å². The molecule has 0 spiro atoms. The van der Waals surface area contributed by atoms with E-state index in [0.29, 0.717) is 28.7 Å². The lowest BCUT2D eigenvalue weighted by Crippen LogP contribution is -2.07. The third-order valence-corrected chi connectivity index (χ3v) is 4.35. The number of aromatic nitrogens is 3. The van der Waals surface area contributed by atoms with E-state index in [2.05, 4.69) is 15.4 Å². The number of fused-ring (bicyclic) bond motifs is 1. The van der Waals surface area contributed by atoms with Gasteiger partial charge in [-0.3, -0.25) is 0 Å². The van der Waals surface area contributed by atoms with E-state index in [1.165, 1.54) is 10.6 Å². The van der Waals surface area contributed by atoms with Crippen LogP contribution in [0.3, 0.4) is 0 Å². The molecule has 7 heteroatoms. The van der Waals surface area contributed by atoms with Gasteiger partial charge in [-0.2, -0.15) is 9.61 Å². The summed E-state index contributed by atoms with van der Waals surface area (Å²) in [6.45, 7) is 0.572. The fraction of sp³-hybridized carbons (Fsp3) is 0.0500. The van der Waals surface area contributed by atoms with Crippen LogP contribution in [0.4, 0.5) is 5.82 Å². The Kier molecular flexibility index (Phi) is 4.48. The summed E-state index contributed by atoms with van der Waals surface area (Å²) in [5.74, 6) is -0.441. The highest BCUT2D eigenvalue weighted by molar-refractivity contribution is 6.30. The zero-order valence-electron chi connectivity index (χ0n) is 14.1. The van der Waals surface area contributed by atoms with Gasteiger partial charge in [0.1, 0.15) is 5.82 Å². The second kappa shape index (κ2) is 7.09. The van der Waals surface area contributed by atoms with Crippen molar-refractivity contribution in [2.24, 2.45) is 0 Å². The second-order valence-corrected chi connectivity index (χ2v) is 6.41. The lowest BCUT2D eigenvalue weighted by Gasteiger charge is -2.11. The molecule has 2 aromatic carbocycles. The van der Waals surface area contributed by atoms with Gasteiger partial charge in [0.15, 0.2) is 11.3 Å².